The molecule has 1 amide bonds. The first-order valence-corrected chi connectivity index (χ1v) is 3.63. The Labute approximate surface area is 74.9 Å². The van der Waals surface area contributed by atoms with Gasteiger partial charge < -0.3 is 20.0 Å². The molecular formula is C7H10NO5-. The topological polar surface area (TPSA) is 95.5 Å². The van der Waals surface area contributed by atoms with Crippen LogP contribution in [0.3, 0.4) is 0 Å². The molecule has 74 valence electrons. The van der Waals surface area contributed by atoms with E-state index in [0.29, 0.717) is 0 Å². The van der Waals surface area contributed by atoms with Crippen LogP contribution in [0.1, 0.15) is 13.8 Å². The van der Waals surface area contributed by atoms with E-state index in [4.69, 9.17) is 0 Å². The molecule has 0 heterocycles. The molecule has 0 spiro atoms. The van der Waals surface area contributed by atoms with E-state index in [2.05, 4.69) is 4.74 Å². The average Bonchev–Trinajstić information content (AvgIpc) is 1.99. The number of hydrogen-bond donors (Lipinski definition) is 1. The maximum absolute atomic E-state index is 10.9. The molecule has 0 aliphatic heterocycles. The number of carbonyl (C=O) groups excluding carboxylic acids is 3. The number of esters is 1. The largest absolute Gasteiger partial charge is 0.547 e. The van der Waals surface area contributed by atoms with Crippen molar-refractivity contribution in [1.29, 1.82) is 0 Å². The lowest BCUT2D eigenvalue weighted by Crippen LogP contribution is -2.52. The van der Waals surface area contributed by atoms with Crippen molar-refractivity contribution >= 4 is 17.8 Å². The maximum Gasteiger partial charge on any atom is 0.334 e. The van der Waals surface area contributed by atoms with Crippen molar-refractivity contribution < 1.29 is 24.2 Å². The van der Waals surface area contributed by atoms with Crippen LogP contribution in [-0.4, -0.2) is 30.5 Å². The molecule has 0 bridgehead atoms. The Kier molecular flexibility index (Phi) is 4.50. The molecule has 13 heavy (non-hydrogen) atoms. The van der Waals surface area contributed by atoms with Crippen LogP contribution in [-0.2, 0) is 19.1 Å². The first-order chi connectivity index (χ1) is 5.99. The van der Waals surface area contributed by atoms with Crippen molar-refractivity contribution in [2.75, 3.05) is 6.61 Å². The van der Waals surface area contributed by atoms with Crippen molar-refractivity contribution in [3.05, 3.63) is 0 Å². The molecule has 0 saturated carbocycles. The predicted octanol–water partition coefficient (Wildman–Crippen LogP) is -2.20. The molecule has 0 aromatic carbocycles. The zero-order valence-electron chi connectivity index (χ0n) is 7.33. The van der Waals surface area contributed by atoms with E-state index < -0.39 is 23.9 Å². The molecule has 1 unspecified atom stereocenters. The van der Waals surface area contributed by atoms with Crippen molar-refractivity contribution in [2.24, 2.45) is 0 Å². The van der Waals surface area contributed by atoms with Crippen LogP contribution in [0, 0.1) is 0 Å². The lowest BCUT2D eigenvalue weighted by molar-refractivity contribution is -0.307. The summed E-state index contributed by atoms with van der Waals surface area (Å²) in [7, 11) is 0. The van der Waals surface area contributed by atoms with Crippen LogP contribution >= 0.6 is 0 Å². The van der Waals surface area contributed by atoms with Gasteiger partial charge in [0.05, 0.1) is 12.6 Å². The number of rotatable bonds is 4. The highest BCUT2D eigenvalue weighted by molar-refractivity contribution is 6.00. The summed E-state index contributed by atoms with van der Waals surface area (Å²) in [6.07, 6.45) is 0. The molecule has 1 N–H and O–H groups in total. The van der Waals surface area contributed by atoms with Crippen molar-refractivity contribution in [2.45, 2.75) is 19.9 Å². The number of carbonyl (C=O) groups is 3. The first-order valence-electron chi connectivity index (χ1n) is 3.63. The van der Waals surface area contributed by atoms with Gasteiger partial charge in [-0.15, -0.1) is 0 Å². The second-order valence-electron chi connectivity index (χ2n) is 2.20. The number of carboxylic acid groups (broad SMARTS) is 1. The third-order valence-electron chi connectivity index (χ3n) is 1.11. The van der Waals surface area contributed by atoms with Crippen molar-refractivity contribution in [3.63, 3.8) is 0 Å². The fourth-order valence-electron chi connectivity index (χ4n) is 0.643. The summed E-state index contributed by atoms with van der Waals surface area (Å²) < 4.78 is 4.39. The van der Waals surface area contributed by atoms with Crippen LogP contribution in [0.4, 0.5) is 0 Å². The molecule has 0 aromatic heterocycles. The molecule has 0 aromatic rings. The zero-order chi connectivity index (χ0) is 10.4. The Hall–Kier alpha value is -1.59. The van der Waals surface area contributed by atoms with Gasteiger partial charge in [0.2, 0.25) is 5.91 Å². The zero-order valence-corrected chi connectivity index (χ0v) is 7.33. The summed E-state index contributed by atoms with van der Waals surface area (Å²) in [5.41, 5.74) is 0. The van der Waals surface area contributed by atoms with Gasteiger partial charge in [-0.2, -0.15) is 0 Å². The van der Waals surface area contributed by atoms with Gasteiger partial charge in [-0.25, -0.2) is 4.79 Å². The lowest BCUT2D eigenvalue weighted by Gasteiger charge is -2.16. The van der Waals surface area contributed by atoms with Crippen LogP contribution in [0.2, 0.25) is 0 Å². The van der Waals surface area contributed by atoms with Gasteiger partial charge in [-0.05, 0) is 6.92 Å². The Morgan fingerprint density at radius 1 is 1.46 bits per heavy atom. The Morgan fingerprint density at radius 3 is 2.31 bits per heavy atom. The number of ether oxygens (including phenoxy) is 1. The van der Waals surface area contributed by atoms with Crippen molar-refractivity contribution in [1.82, 2.24) is 5.32 Å². The van der Waals surface area contributed by atoms with E-state index in [9.17, 15) is 19.5 Å². The fraction of sp³-hybridized carbons (Fsp3) is 0.571. The summed E-state index contributed by atoms with van der Waals surface area (Å²) in [4.78, 5) is 31.6. The minimum absolute atomic E-state index is 0.0438. The monoisotopic (exact) mass is 188 g/mol. The normalized spacial score (nSPS) is 11.5. The second kappa shape index (κ2) is 5.13. The van der Waals surface area contributed by atoms with Gasteiger partial charge in [-0.3, -0.25) is 4.79 Å². The quantitative estimate of drug-likeness (QED) is 0.399. The van der Waals surface area contributed by atoms with E-state index >= 15 is 0 Å². The molecule has 0 rings (SSSR count). The van der Waals surface area contributed by atoms with Crippen LogP contribution in [0.25, 0.3) is 0 Å². The SMILES string of the molecule is CCOC(=O)C(NC(C)=O)C(=O)[O-]. The summed E-state index contributed by atoms with van der Waals surface area (Å²) in [6.45, 7) is 2.66. The van der Waals surface area contributed by atoms with Gasteiger partial charge in [0.25, 0.3) is 0 Å². The Bertz CT molecular complexity index is 225. The Morgan fingerprint density at radius 2 is 2.00 bits per heavy atom. The Balaban J connectivity index is 4.32. The van der Waals surface area contributed by atoms with Crippen LogP contribution < -0.4 is 10.4 Å². The van der Waals surface area contributed by atoms with Crippen LogP contribution in [0.15, 0.2) is 0 Å². The molecule has 0 saturated heterocycles. The van der Waals surface area contributed by atoms with Gasteiger partial charge in [-0.1, -0.05) is 0 Å². The van der Waals surface area contributed by atoms with E-state index in [1.165, 1.54) is 6.92 Å². The number of nitrogens with one attached hydrogen (secondary N) is 1. The molecule has 1 atom stereocenters. The number of hydrogen-bond acceptors (Lipinski definition) is 5. The number of carboxylic acids is 1. The molecule has 0 fully saturated rings. The third kappa shape index (κ3) is 4.09. The van der Waals surface area contributed by atoms with Gasteiger partial charge in [0.15, 0.2) is 6.04 Å². The molecule has 6 nitrogen and oxygen atoms in total. The van der Waals surface area contributed by atoms with Gasteiger partial charge in [0.1, 0.15) is 0 Å². The molecule has 0 radical (unpaired) electrons. The van der Waals surface area contributed by atoms with Gasteiger partial charge >= 0.3 is 5.97 Å². The first kappa shape index (κ1) is 11.4. The average molecular weight is 188 g/mol. The minimum atomic E-state index is -1.72. The van der Waals surface area contributed by atoms with E-state index in [1.807, 2.05) is 5.32 Å². The highest BCUT2D eigenvalue weighted by atomic mass is 16.5. The lowest BCUT2D eigenvalue weighted by atomic mass is 10.3. The minimum Gasteiger partial charge on any atom is -0.547 e. The number of amides is 1. The van der Waals surface area contributed by atoms with E-state index in [-0.39, 0.29) is 6.61 Å². The molecule has 0 aliphatic carbocycles. The van der Waals surface area contributed by atoms with E-state index in [0.717, 1.165) is 6.92 Å². The third-order valence-corrected chi connectivity index (χ3v) is 1.11. The highest BCUT2D eigenvalue weighted by Crippen LogP contribution is 1.88. The van der Waals surface area contributed by atoms with Crippen LogP contribution in [0.5, 0.6) is 0 Å². The summed E-state index contributed by atoms with van der Waals surface area (Å²) in [5.74, 6) is -3.35. The molecule has 0 aliphatic rings. The standard InChI is InChI=1S/C7H11NO5/c1-3-13-7(12)5(6(10)11)8-4(2)9/h5H,3H2,1-2H3,(H,8,9)(H,10,11)/p-1. The maximum atomic E-state index is 10.9. The summed E-state index contributed by atoms with van der Waals surface area (Å²) >= 11 is 0. The predicted molar refractivity (Wildman–Crippen MR) is 39.2 cm³/mol. The molecule has 6 heteroatoms. The highest BCUT2D eigenvalue weighted by Gasteiger charge is 2.21. The van der Waals surface area contributed by atoms with Crippen molar-refractivity contribution in [3.8, 4) is 0 Å². The van der Waals surface area contributed by atoms with Gasteiger partial charge in [0, 0.05) is 6.92 Å². The fourth-order valence-corrected chi connectivity index (χ4v) is 0.643. The number of aliphatic carboxylic acids is 1. The smallest absolute Gasteiger partial charge is 0.334 e. The summed E-state index contributed by atoms with van der Waals surface area (Å²) in [6, 6.07) is -1.72. The van der Waals surface area contributed by atoms with E-state index in [1.54, 1.807) is 0 Å². The summed E-state index contributed by atoms with van der Waals surface area (Å²) in [5, 5.41) is 12.2. The second-order valence-corrected chi connectivity index (χ2v) is 2.20. The molecular weight excluding hydrogens is 178 g/mol.